The molecule has 0 aromatic rings. The van der Waals surface area contributed by atoms with Crippen molar-refractivity contribution in [3.05, 3.63) is 0 Å². The summed E-state index contributed by atoms with van der Waals surface area (Å²) >= 11 is 1.94. The van der Waals surface area contributed by atoms with Gasteiger partial charge in [-0.25, -0.2) is 0 Å². The summed E-state index contributed by atoms with van der Waals surface area (Å²) in [7, 11) is 3.22. The molecular weight excluding hydrogens is 226 g/mol. The standard InChI is InChI=1S/C11H21NO3S/c1-12-10(11(13)14-2)5-8-16-9-3-6-15-7-4-9/h9-10,12H,3-8H2,1-2H3. The second-order valence-electron chi connectivity index (χ2n) is 3.84. The number of hydrogen-bond acceptors (Lipinski definition) is 5. The largest absolute Gasteiger partial charge is 0.468 e. The fraction of sp³-hybridized carbons (Fsp3) is 0.909. The van der Waals surface area contributed by atoms with Gasteiger partial charge in [0.1, 0.15) is 6.04 Å². The van der Waals surface area contributed by atoms with Crippen LogP contribution in [0.3, 0.4) is 0 Å². The summed E-state index contributed by atoms with van der Waals surface area (Å²) in [6.07, 6.45) is 3.09. The molecule has 0 radical (unpaired) electrons. The molecule has 0 aromatic heterocycles. The molecule has 1 unspecified atom stereocenters. The molecule has 16 heavy (non-hydrogen) atoms. The number of esters is 1. The van der Waals surface area contributed by atoms with Crippen molar-refractivity contribution in [2.45, 2.75) is 30.6 Å². The van der Waals surface area contributed by atoms with Gasteiger partial charge in [-0.05, 0) is 32.1 Å². The molecular formula is C11H21NO3S. The molecule has 1 atom stereocenters. The summed E-state index contributed by atoms with van der Waals surface area (Å²) in [5, 5.41) is 3.68. The molecule has 1 fully saturated rings. The topological polar surface area (TPSA) is 47.6 Å². The van der Waals surface area contributed by atoms with Crippen molar-refractivity contribution < 1.29 is 14.3 Å². The highest BCUT2D eigenvalue weighted by molar-refractivity contribution is 7.99. The van der Waals surface area contributed by atoms with E-state index >= 15 is 0 Å². The number of carbonyl (C=O) groups excluding carboxylic acids is 1. The van der Waals surface area contributed by atoms with Crippen LogP contribution in [0, 0.1) is 0 Å². The van der Waals surface area contributed by atoms with Crippen LogP contribution in [0.2, 0.25) is 0 Å². The average molecular weight is 247 g/mol. The van der Waals surface area contributed by atoms with E-state index in [9.17, 15) is 4.79 Å². The Balaban J connectivity index is 2.14. The second kappa shape index (κ2) is 7.92. The highest BCUT2D eigenvalue weighted by atomic mass is 32.2. The monoisotopic (exact) mass is 247 g/mol. The molecule has 5 heteroatoms. The maximum atomic E-state index is 11.3. The van der Waals surface area contributed by atoms with Crippen LogP contribution >= 0.6 is 11.8 Å². The van der Waals surface area contributed by atoms with Crippen LogP contribution in [0.25, 0.3) is 0 Å². The summed E-state index contributed by atoms with van der Waals surface area (Å²) < 4.78 is 10.0. The maximum absolute atomic E-state index is 11.3. The van der Waals surface area contributed by atoms with Gasteiger partial charge in [0.05, 0.1) is 7.11 Å². The number of ether oxygens (including phenoxy) is 2. The van der Waals surface area contributed by atoms with E-state index in [1.54, 1.807) is 7.05 Å². The van der Waals surface area contributed by atoms with Crippen LogP contribution in [-0.4, -0.2) is 50.4 Å². The molecule has 1 saturated heterocycles. The second-order valence-corrected chi connectivity index (χ2v) is 5.24. The molecule has 0 saturated carbocycles. The lowest BCUT2D eigenvalue weighted by Gasteiger charge is -2.22. The zero-order chi connectivity index (χ0) is 11.8. The fourth-order valence-electron chi connectivity index (χ4n) is 1.72. The van der Waals surface area contributed by atoms with Gasteiger partial charge in [0, 0.05) is 18.5 Å². The van der Waals surface area contributed by atoms with Crippen molar-refractivity contribution in [3.8, 4) is 0 Å². The predicted octanol–water partition coefficient (Wildman–Crippen LogP) is 1.05. The number of carbonyl (C=O) groups is 1. The molecule has 1 heterocycles. The zero-order valence-corrected chi connectivity index (χ0v) is 10.8. The Hall–Kier alpha value is -0.260. The lowest BCUT2D eigenvalue weighted by molar-refractivity contribution is -0.143. The predicted molar refractivity (Wildman–Crippen MR) is 65.8 cm³/mol. The SMILES string of the molecule is CNC(CCSC1CCOCC1)C(=O)OC. The van der Waals surface area contributed by atoms with Gasteiger partial charge in [-0.2, -0.15) is 11.8 Å². The minimum absolute atomic E-state index is 0.169. The Bertz CT molecular complexity index is 207. The highest BCUT2D eigenvalue weighted by Crippen LogP contribution is 2.22. The maximum Gasteiger partial charge on any atom is 0.322 e. The van der Waals surface area contributed by atoms with Gasteiger partial charge < -0.3 is 14.8 Å². The lowest BCUT2D eigenvalue weighted by atomic mass is 10.2. The molecule has 0 aliphatic carbocycles. The lowest BCUT2D eigenvalue weighted by Crippen LogP contribution is -2.35. The van der Waals surface area contributed by atoms with Crippen LogP contribution in [0.1, 0.15) is 19.3 Å². The molecule has 0 spiro atoms. The smallest absolute Gasteiger partial charge is 0.322 e. The quantitative estimate of drug-likeness (QED) is 0.711. The highest BCUT2D eigenvalue weighted by Gasteiger charge is 2.18. The Morgan fingerprint density at radius 2 is 2.25 bits per heavy atom. The van der Waals surface area contributed by atoms with Crippen molar-refractivity contribution in [1.29, 1.82) is 0 Å². The first-order valence-electron chi connectivity index (χ1n) is 5.72. The summed E-state index contributed by atoms with van der Waals surface area (Å²) in [6.45, 7) is 1.76. The summed E-state index contributed by atoms with van der Waals surface area (Å²) in [6, 6.07) is -0.169. The Morgan fingerprint density at radius 3 is 2.81 bits per heavy atom. The van der Waals surface area contributed by atoms with E-state index < -0.39 is 0 Å². The van der Waals surface area contributed by atoms with E-state index in [1.165, 1.54) is 7.11 Å². The van der Waals surface area contributed by atoms with Gasteiger partial charge in [0.25, 0.3) is 0 Å². The van der Waals surface area contributed by atoms with E-state index in [-0.39, 0.29) is 12.0 Å². The summed E-state index contributed by atoms with van der Waals surface area (Å²) in [4.78, 5) is 11.3. The Kier molecular flexibility index (Phi) is 6.84. The van der Waals surface area contributed by atoms with E-state index in [1.807, 2.05) is 11.8 Å². The van der Waals surface area contributed by atoms with E-state index in [4.69, 9.17) is 9.47 Å². The molecule has 94 valence electrons. The molecule has 1 aliphatic heterocycles. The van der Waals surface area contributed by atoms with Crippen LogP contribution in [0.5, 0.6) is 0 Å². The molecule has 4 nitrogen and oxygen atoms in total. The van der Waals surface area contributed by atoms with Gasteiger partial charge in [0.15, 0.2) is 0 Å². The number of hydrogen-bond donors (Lipinski definition) is 1. The third-order valence-electron chi connectivity index (χ3n) is 2.76. The van der Waals surface area contributed by atoms with Crippen molar-refractivity contribution in [2.75, 3.05) is 33.1 Å². The summed E-state index contributed by atoms with van der Waals surface area (Å²) in [5.74, 6) is 0.820. The third kappa shape index (κ3) is 4.72. The van der Waals surface area contributed by atoms with E-state index in [0.717, 1.165) is 38.2 Å². The number of nitrogens with one attached hydrogen (secondary N) is 1. The minimum atomic E-state index is -0.171. The number of likely N-dealkylation sites (N-methyl/N-ethyl adjacent to an activating group) is 1. The number of thioether (sulfide) groups is 1. The molecule has 1 rings (SSSR count). The van der Waals surface area contributed by atoms with Crippen LogP contribution in [-0.2, 0) is 14.3 Å². The molecule has 1 aliphatic rings. The zero-order valence-electron chi connectivity index (χ0n) is 10.0. The molecule has 0 bridgehead atoms. The Labute approximate surface area is 101 Å². The van der Waals surface area contributed by atoms with Crippen molar-refractivity contribution in [3.63, 3.8) is 0 Å². The normalized spacial score (nSPS) is 19.4. The first kappa shape index (κ1) is 13.8. The van der Waals surface area contributed by atoms with Crippen molar-refractivity contribution in [2.24, 2.45) is 0 Å². The Morgan fingerprint density at radius 1 is 1.56 bits per heavy atom. The molecule has 1 N–H and O–H groups in total. The summed E-state index contributed by atoms with van der Waals surface area (Å²) in [5.41, 5.74) is 0. The third-order valence-corrected chi connectivity index (χ3v) is 4.18. The van der Waals surface area contributed by atoms with Gasteiger partial charge in [-0.15, -0.1) is 0 Å². The number of methoxy groups -OCH3 is 1. The van der Waals surface area contributed by atoms with Gasteiger partial charge >= 0.3 is 5.97 Å². The fourth-order valence-corrected chi connectivity index (χ4v) is 2.95. The average Bonchev–Trinajstić information content (AvgIpc) is 2.35. The van der Waals surface area contributed by atoms with Crippen LogP contribution in [0.15, 0.2) is 0 Å². The van der Waals surface area contributed by atoms with Gasteiger partial charge in [-0.1, -0.05) is 0 Å². The van der Waals surface area contributed by atoms with Crippen molar-refractivity contribution >= 4 is 17.7 Å². The van der Waals surface area contributed by atoms with E-state index in [0.29, 0.717) is 5.25 Å². The minimum Gasteiger partial charge on any atom is -0.468 e. The molecule has 0 amide bonds. The van der Waals surface area contributed by atoms with Crippen LogP contribution in [0.4, 0.5) is 0 Å². The first-order chi connectivity index (χ1) is 7.77. The van der Waals surface area contributed by atoms with Crippen molar-refractivity contribution in [1.82, 2.24) is 5.32 Å². The first-order valence-corrected chi connectivity index (χ1v) is 6.77. The number of rotatable bonds is 6. The van der Waals surface area contributed by atoms with Gasteiger partial charge in [0.2, 0.25) is 0 Å². The van der Waals surface area contributed by atoms with Crippen LogP contribution < -0.4 is 5.32 Å². The van der Waals surface area contributed by atoms with E-state index in [2.05, 4.69) is 5.32 Å². The molecule has 0 aromatic carbocycles. The van der Waals surface area contributed by atoms with Gasteiger partial charge in [-0.3, -0.25) is 4.79 Å².